The molecule has 0 aromatic heterocycles. The highest BCUT2D eigenvalue weighted by molar-refractivity contribution is 4.45. The lowest BCUT2D eigenvalue weighted by Crippen LogP contribution is -2.03. The number of aliphatic hydroxyl groups is 1. The standard InChI is InChI=1S/C9H20O2/c1-3-4-7-11-8-5-6-9(2)10/h9-10H,3-8H2,1-2H3. The normalized spacial score (nSPS) is 13.4. The largest absolute Gasteiger partial charge is 0.393 e. The monoisotopic (exact) mass is 160 g/mol. The molecule has 1 atom stereocenters. The molecule has 0 aliphatic rings. The maximum atomic E-state index is 8.90. The first-order valence-corrected chi connectivity index (χ1v) is 4.53. The topological polar surface area (TPSA) is 29.5 Å². The van der Waals surface area contributed by atoms with Gasteiger partial charge in [0.25, 0.3) is 0 Å². The van der Waals surface area contributed by atoms with Gasteiger partial charge in [-0.2, -0.15) is 0 Å². The smallest absolute Gasteiger partial charge is 0.0513 e. The van der Waals surface area contributed by atoms with Gasteiger partial charge in [0.05, 0.1) is 6.10 Å². The summed E-state index contributed by atoms with van der Waals surface area (Å²) in [5, 5.41) is 8.90. The van der Waals surface area contributed by atoms with Crippen molar-refractivity contribution in [2.45, 2.75) is 45.6 Å². The van der Waals surface area contributed by atoms with E-state index < -0.39 is 0 Å². The Kier molecular flexibility index (Phi) is 7.96. The molecule has 0 saturated carbocycles. The van der Waals surface area contributed by atoms with Crippen molar-refractivity contribution in [1.29, 1.82) is 0 Å². The summed E-state index contributed by atoms with van der Waals surface area (Å²) >= 11 is 0. The second-order valence-electron chi connectivity index (χ2n) is 2.96. The summed E-state index contributed by atoms with van der Waals surface area (Å²) in [6.45, 7) is 5.63. The molecule has 0 aliphatic carbocycles. The maximum Gasteiger partial charge on any atom is 0.0513 e. The maximum absolute atomic E-state index is 8.90. The molecule has 0 heterocycles. The molecule has 0 aromatic carbocycles. The lowest BCUT2D eigenvalue weighted by molar-refractivity contribution is 0.110. The van der Waals surface area contributed by atoms with Gasteiger partial charge in [0.1, 0.15) is 0 Å². The average molecular weight is 160 g/mol. The summed E-state index contributed by atoms with van der Waals surface area (Å²) in [6, 6.07) is 0. The highest BCUT2D eigenvalue weighted by Gasteiger charge is 1.94. The van der Waals surface area contributed by atoms with Crippen molar-refractivity contribution < 1.29 is 9.84 Å². The van der Waals surface area contributed by atoms with Crippen molar-refractivity contribution in [2.24, 2.45) is 0 Å². The Morgan fingerprint density at radius 3 is 2.45 bits per heavy atom. The number of unbranched alkanes of at least 4 members (excludes halogenated alkanes) is 1. The Morgan fingerprint density at radius 2 is 1.91 bits per heavy atom. The van der Waals surface area contributed by atoms with Crippen molar-refractivity contribution in [3.8, 4) is 0 Å². The summed E-state index contributed by atoms with van der Waals surface area (Å²) in [5.41, 5.74) is 0. The first-order valence-electron chi connectivity index (χ1n) is 4.53. The van der Waals surface area contributed by atoms with Gasteiger partial charge in [-0.05, 0) is 26.2 Å². The summed E-state index contributed by atoms with van der Waals surface area (Å²) in [6.07, 6.45) is 3.99. The first-order chi connectivity index (χ1) is 5.27. The molecule has 0 rings (SSSR count). The van der Waals surface area contributed by atoms with Crippen molar-refractivity contribution in [3.63, 3.8) is 0 Å². The molecule has 0 spiro atoms. The third kappa shape index (κ3) is 9.92. The van der Waals surface area contributed by atoms with E-state index in [4.69, 9.17) is 9.84 Å². The van der Waals surface area contributed by atoms with E-state index in [2.05, 4.69) is 6.92 Å². The predicted molar refractivity (Wildman–Crippen MR) is 46.6 cm³/mol. The van der Waals surface area contributed by atoms with Crippen LogP contribution in [0.5, 0.6) is 0 Å². The second-order valence-corrected chi connectivity index (χ2v) is 2.96. The van der Waals surface area contributed by atoms with Crippen LogP contribution >= 0.6 is 0 Å². The lowest BCUT2D eigenvalue weighted by Gasteiger charge is -2.04. The average Bonchev–Trinajstić information content (AvgIpc) is 1.96. The fraction of sp³-hybridized carbons (Fsp3) is 1.00. The molecule has 11 heavy (non-hydrogen) atoms. The lowest BCUT2D eigenvalue weighted by atomic mass is 10.2. The quantitative estimate of drug-likeness (QED) is 0.577. The van der Waals surface area contributed by atoms with Gasteiger partial charge in [0, 0.05) is 13.2 Å². The molecule has 0 fully saturated rings. The highest BCUT2D eigenvalue weighted by atomic mass is 16.5. The van der Waals surface area contributed by atoms with Gasteiger partial charge in [-0.15, -0.1) is 0 Å². The molecule has 1 unspecified atom stereocenters. The van der Waals surface area contributed by atoms with Crippen LogP contribution in [0, 0.1) is 0 Å². The SMILES string of the molecule is CCCCOCCCC(C)O. The molecule has 1 N–H and O–H groups in total. The first kappa shape index (κ1) is 10.9. The van der Waals surface area contributed by atoms with E-state index in [0.29, 0.717) is 0 Å². The van der Waals surface area contributed by atoms with Crippen LogP contribution in [0.15, 0.2) is 0 Å². The highest BCUT2D eigenvalue weighted by Crippen LogP contribution is 1.96. The summed E-state index contributed by atoms with van der Waals surface area (Å²) in [5.74, 6) is 0. The fourth-order valence-electron chi connectivity index (χ4n) is 0.829. The van der Waals surface area contributed by atoms with Crippen LogP contribution in [0.1, 0.15) is 39.5 Å². The molecule has 0 bridgehead atoms. The van der Waals surface area contributed by atoms with Crippen LogP contribution in [0.2, 0.25) is 0 Å². The van der Waals surface area contributed by atoms with Gasteiger partial charge in [-0.3, -0.25) is 0 Å². The molecular weight excluding hydrogens is 140 g/mol. The van der Waals surface area contributed by atoms with Crippen molar-refractivity contribution in [2.75, 3.05) is 13.2 Å². The van der Waals surface area contributed by atoms with Crippen molar-refractivity contribution >= 4 is 0 Å². The summed E-state index contributed by atoms with van der Waals surface area (Å²) < 4.78 is 5.31. The number of hydrogen-bond acceptors (Lipinski definition) is 2. The zero-order valence-electron chi connectivity index (χ0n) is 7.68. The molecule has 68 valence electrons. The van der Waals surface area contributed by atoms with Gasteiger partial charge >= 0.3 is 0 Å². The van der Waals surface area contributed by atoms with E-state index >= 15 is 0 Å². The van der Waals surface area contributed by atoms with Crippen LogP contribution in [-0.4, -0.2) is 24.4 Å². The Bertz CT molecular complexity index is 72.0. The van der Waals surface area contributed by atoms with Crippen LogP contribution in [0.3, 0.4) is 0 Å². The van der Waals surface area contributed by atoms with E-state index in [0.717, 1.165) is 32.5 Å². The van der Waals surface area contributed by atoms with Gasteiger partial charge in [-0.25, -0.2) is 0 Å². The minimum absolute atomic E-state index is 0.176. The van der Waals surface area contributed by atoms with E-state index in [1.807, 2.05) is 6.92 Å². The molecule has 0 amide bonds. The molecule has 0 aromatic rings. The van der Waals surface area contributed by atoms with Gasteiger partial charge in [0.2, 0.25) is 0 Å². The molecule has 0 saturated heterocycles. The zero-order valence-corrected chi connectivity index (χ0v) is 7.68. The number of hydrogen-bond donors (Lipinski definition) is 1. The molecule has 2 heteroatoms. The van der Waals surface area contributed by atoms with Crippen LogP contribution in [0.4, 0.5) is 0 Å². The number of rotatable bonds is 7. The number of aliphatic hydroxyl groups excluding tert-OH is 1. The van der Waals surface area contributed by atoms with Crippen LogP contribution < -0.4 is 0 Å². The van der Waals surface area contributed by atoms with E-state index in [9.17, 15) is 0 Å². The second kappa shape index (κ2) is 8.02. The molecule has 0 radical (unpaired) electrons. The Labute approximate surface area is 69.6 Å². The van der Waals surface area contributed by atoms with E-state index in [1.54, 1.807) is 0 Å². The van der Waals surface area contributed by atoms with E-state index in [-0.39, 0.29) is 6.10 Å². The third-order valence-electron chi connectivity index (χ3n) is 1.55. The van der Waals surface area contributed by atoms with Gasteiger partial charge in [-0.1, -0.05) is 13.3 Å². The van der Waals surface area contributed by atoms with Crippen molar-refractivity contribution in [1.82, 2.24) is 0 Å². The van der Waals surface area contributed by atoms with Crippen molar-refractivity contribution in [3.05, 3.63) is 0 Å². The number of ether oxygens (including phenoxy) is 1. The zero-order chi connectivity index (χ0) is 8.53. The predicted octanol–water partition coefficient (Wildman–Crippen LogP) is 1.96. The molecule has 0 aliphatic heterocycles. The minimum atomic E-state index is -0.176. The minimum Gasteiger partial charge on any atom is -0.393 e. The summed E-state index contributed by atoms with van der Waals surface area (Å²) in [7, 11) is 0. The Hall–Kier alpha value is -0.0800. The summed E-state index contributed by atoms with van der Waals surface area (Å²) in [4.78, 5) is 0. The van der Waals surface area contributed by atoms with Crippen LogP contribution in [-0.2, 0) is 4.74 Å². The third-order valence-corrected chi connectivity index (χ3v) is 1.55. The fourth-order valence-corrected chi connectivity index (χ4v) is 0.829. The molecular formula is C9H20O2. The Balaban J connectivity index is 2.80. The van der Waals surface area contributed by atoms with Gasteiger partial charge < -0.3 is 9.84 Å². The Morgan fingerprint density at radius 1 is 1.27 bits per heavy atom. The van der Waals surface area contributed by atoms with Gasteiger partial charge in [0.15, 0.2) is 0 Å². The molecule has 2 nitrogen and oxygen atoms in total. The van der Waals surface area contributed by atoms with E-state index in [1.165, 1.54) is 6.42 Å². The van der Waals surface area contributed by atoms with Crippen LogP contribution in [0.25, 0.3) is 0 Å².